The van der Waals surface area contributed by atoms with E-state index in [1.165, 1.54) is 17.5 Å². The Labute approximate surface area is 140 Å². The van der Waals surface area contributed by atoms with Crippen LogP contribution in [-0.2, 0) is 4.79 Å². The highest BCUT2D eigenvalue weighted by molar-refractivity contribution is 7.13. The number of carboxylic acid groups (broad SMARTS) is 1. The molecule has 0 aromatic carbocycles. The van der Waals surface area contributed by atoms with Gasteiger partial charge in [0.2, 0.25) is 0 Å². The molecule has 1 aromatic heterocycles. The highest BCUT2D eigenvalue weighted by atomic mass is 32.1. The summed E-state index contributed by atoms with van der Waals surface area (Å²) < 4.78 is 0. The molecular formula is C15H25N3O4S. The molecule has 1 heterocycles. The standard InChI is InChI=1S/C15H25N3O4S/c1-15(2,3)7-5-4-6-10(17-14(21)22)11(19)12(20)18-13-16-8-9-23-13/h8-11,17,19H,4-7H2,1-3H3,(H,21,22)(H,16,18,20)/t10-,11?/m0/s1. The maximum Gasteiger partial charge on any atom is 0.404 e. The number of hydrogen-bond acceptors (Lipinski definition) is 5. The Balaban J connectivity index is 2.54. The first-order valence-corrected chi connectivity index (χ1v) is 8.45. The maximum absolute atomic E-state index is 12.0. The van der Waals surface area contributed by atoms with Crippen LogP contribution in [0.15, 0.2) is 11.6 Å². The van der Waals surface area contributed by atoms with Gasteiger partial charge in [-0.15, -0.1) is 11.3 Å². The van der Waals surface area contributed by atoms with Gasteiger partial charge in [0, 0.05) is 11.6 Å². The SMILES string of the molecule is CC(C)(C)CCCC[C@H](NC(=O)O)C(O)C(=O)Nc1nccs1. The van der Waals surface area contributed by atoms with E-state index in [1.807, 2.05) is 0 Å². The number of carbonyl (C=O) groups excluding carboxylic acids is 1. The van der Waals surface area contributed by atoms with Gasteiger partial charge in [-0.1, -0.05) is 33.6 Å². The topological polar surface area (TPSA) is 112 Å². The minimum absolute atomic E-state index is 0.205. The van der Waals surface area contributed by atoms with Crippen LogP contribution in [0.4, 0.5) is 9.93 Å². The van der Waals surface area contributed by atoms with Crippen molar-refractivity contribution < 1.29 is 19.8 Å². The van der Waals surface area contributed by atoms with E-state index < -0.39 is 24.1 Å². The minimum Gasteiger partial charge on any atom is -0.465 e. The first kappa shape index (κ1) is 19.4. The van der Waals surface area contributed by atoms with E-state index in [2.05, 4.69) is 36.4 Å². The Hall–Kier alpha value is -1.67. The Morgan fingerprint density at radius 2 is 2.04 bits per heavy atom. The number of nitrogens with one attached hydrogen (secondary N) is 2. The van der Waals surface area contributed by atoms with Gasteiger partial charge >= 0.3 is 6.09 Å². The van der Waals surface area contributed by atoms with Crippen molar-refractivity contribution in [2.45, 2.75) is 58.6 Å². The van der Waals surface area contributed by atoms with E-state index in [-0.39, 0.29) is 5.41 Å². The number of aromatic nitrogens is 1. The molecular weight excluding hydrogens is 318 g/mol. The first-order valence-electron chi connectivity index (χ1n) is 7.57. The molecule has 0 saturated heterocycles. The highest BCUT2D eigenvalue weighted by Crippen LogP contribution is 2.22. The molecule has 0 aliphatic carbocycles. The van der Waals surface area contributed by atoms with Crippen molar-refractivity contribution in [2.75, 3.05) is 5.32 Å². The normalized spacial score (nSPS) is 14.1. The molecule has 1 unspecified atom stereocenters. The van der Waals surface area contributed by atoms with E-state index in [0.717, 1.165) is 19.3 Å². The van der Waals surface area contributed by atoms with E-state index in [0.29, 0.717) is 11.6 Å². The fourth-order valence-electron chi connectivity index (χ4n) is 2.13. The Kier molecular flexibility index (Phi) is 7.44. The summed E-state index contributed by atoms with van der Waals surface area (Å²) in [5, 5.41) is 25.8. The number of aliphatic hydroxyl groups excluding tert-OH is 1. The average molecular weight is 343 g/mol. The monoisotopic (exact) mass is 343 g/mol. The second-order valence-electron chi connectivity index (χ2n) is 6.63. The summed E-state index contributed by atoms with van der Waals surface area (Å²) in [6, 6.07) is -0.840. The van der Waals surface area contributed by atoms with Crippen molar-refractivity contribution in [3.63, 3.8) is 0 Å². The van der Waals surface area contributed by atoms with Crippen LogP contribution in [0.2, 0.25) is 0 Å². The highest BCUT2D eigenvalue weighted by Gasteiger charge is 2.28. The van der Waals surface area contributed by atoms with Crippen molar-refractivity contribution in [2.24, 2.45) is 5.41 Å². The summed E-state index contributed by atoms with van der Waals surface area (Å²) in [5.41, 5.74) is 0.205. The molecule has 0 spiro atoms. The van der Waals surface area contributed by atoms with Crippen molar-refractivity contribution in [3.05, 3.63) is 11.6 Å². The third kappa shape index (κ3) is 7.94. The zero-order valence-electron chi connectivity index (χ0n) is 13.7. The lowest BCUT2D eigenvalue weighted by Gasteiger charge is -2.23. The van der Waals surface area contributed by atoms with Crippen molar-refractivity contribution in [1.82, 2.24) is 10.3 Å². The summed E-state index contributed by atoms with van der Waals surface area (Å²) in [7, 11) is 0. The summed E-state index contributed by atoms with van der Waals surface area (Å²) in [4.78, 5) is 26.8. The van der Waals surface area contributed by atoms with Gasteiger partial charge in [-0.05, 0) is 18.3 Å². The number of anilines is 1. The van der Waals surface area contributed by atoms with Crippen LogP contribution in [-0.4, -0.2) is 39.3 Å². The fraction of sp³-hybridized carbons (Fsp3) is 0.667. The van der Waals surface area contributed by atoms with Gasteiger partial charge in [0.15, 0.2) is 11.2 Å². The molecule has 1 aromatic rings. The molecule has 4 N–H and O–H groups in total. The average Bonchev–Trinajstić information content (AvgIpc) is 2.92. The number of rotatable bonds is 8. The van der Waals surface area contributed by atoms with Gasteiger partial charge in [-0.3, -0.25) is 10.1 Å². The molecule has 0 radical (unpaired) electrons. The van der Waals surface area contributed by atoms with Crippen LogP contribution < -0.4 is 10.6 Å². The molecule has 2 atom stereocenters. The quantitative estimate of drug-likeness (QED) is 0.542. The van der Waals surface area contributed by atoms with Crippen LogP contribution in [0, 0.1) is 5.41 Å². The number of unbranched alkanes of at least 4 members (excludes halogenated alkanes) is 1. The Morgan fingerprint density at radius 3 is 2.57 bits per heavy atom. The molecule has 0 saturated carbocycles. The largest absolute Gasteiger partial charge is 0.465 e. The molecule has 0 bridgehead atoms. The van der Waals surface area contributed by atoms with Gasteiger partial charge in [0.1, 0.15) is 0 Å². The van der Waals surface area contributed by atoms with E-state index in [4.69, 9.17) is 5.11 Å². The van der Waals surface area contributed by atoms with E-state index >= 15 is 0 Å². The molecule has 23 heavy (non-hydrogen) atoms. The number of hydrogen-bond donors (Lipinski definition) is 4. The van der Waals surface area contributed by atoms with Crippen molar-refractivity contribution in [1.29, 1.82) is 0 Å². The third-order valence-electron chi connectivity index (χ3n) is 3.31. The Bertz CT molecular complexity index is 499. The van der Waals surface area contributed by atoms with Gasteiger partial charge in [-0.2, -0.15) is 0 Å². The van der Waals surface area contributed by atoms with Gasteiger partial charge < -0.3 is 15.5 Å². The van der Waals surface area contributed by atoms with Gasteiger partial charge in [0.05, 0.1) is 6.04 Å². The number of thiazole rings is 1. The van der Waals surface area contributed by atoms with Crippen LogP contribution in [0.25, 0.3) is 0 Å². The summed E-state index contributed by atoms with van der Waals surface area (Å²) in [6.07, 6.45) is 1.85. The van der Waals surface area contributed by atoms with Gasteiger partial charge in [-0.25, -0.2) is 9.78 Å². The zero-order chi connectivity index (χ0) is 17.5. The summed E-state index contributed by atoms with van der Waals surface area (Å²) in [6.45, 7) is 6.41. The van der Waals surface area contributed by atoms with Gasteiger partial charge in [0.25, 0.3) is 5.91 Å². The smallest absolute Gasteiger partial charge is 0.404 e. The predicted molar refractivity (Wildman–Crippen MR) is 89.6 cm³/mol. The third-order valence-corrected chi connectivity index (χ3v) is 4.00. The van der Waals surface area contributed by atoms with Crippen LogP contribution in [0.1, 0.15) is 46.5 Å². The number of carbonyl (C=O) groups is 2. The first-order chi connectivity index (χ1) is 10.7. The van der Waals surface area contributed by atoms with Crippen LogP contribution in [0.3, 0.4) is 0 Å². The lowest BCUT2D eigenvalue weighted by Crippen LogP contribution is -2.48. The molecule has 2 amide bonds. The molecule has 0 fully saturated rings. The van der Waals surface area contributed by atoms with E-state index in [9.17, 15) is 14.7 Å². The second kappa shape index (κ2) is 8.83. The lowest BCUT2D eigenvalue weighted by atomic mass is 9.89. The number of amides is 2. The lowest BCUT2D eigenvalue weighted by molar-refractivity contribution is -0.125. The summed E-state index contributed by atoms with van der Waals surface area (Å²) in [5.74, 6) is -0.658. The predicted octanol–water partition coefficient (Wildman–Crippen LogP) is 2.69. The van der Waals surface area contributed by atoms with Crippen molar-refractivity contribution in [3.8, 4) is 0 Å². The molecule has 8 heteroatoms. The minimum atomic E-state index is -1.45. The Morgan fingerprint density at radius 1 is 1.35 bits per heavy atom. The molecule has 0 aliphatic rings. The molecule has 130 valence electrons. The molecule has 7 nitrogen and oxygen atoms in total. The maximum atomic E-state index is 12.0. The zero-order valence-corrected chi connectivity index (χ0v) is 14.5. The summed E-state index contributed by atoms with van der Waals surface area (Å²) >= 11 is 1.23. The second-order valence-corrected chi connectivity index (χ2v) is 7.53. The fourth-order valence-corrected chi connectivity index (χ4v) is 2.67. The molecule has 0 aliphatic heterocycles. The van der Waals surface area contributed by atoms with Crippen molar-refractivity contribution >= 4 is 28.5 Å². The molecule has 1 rings (SSSR count). The van der Waals surface area contributed by atoms with Crippen LogP contribution >= 0.6 is 11.3 Å². The number of nitrogens with zero attached hydrogens (tertiary/aromatic N) is 1. The van der Waals surface area contributed by atoms with E-state index in [1.54, 1.807) is 5.38 Å². The number of aliphatic hydroxyl groups is 1. The van der Waals surface area contributed by atoms with Crippen LogP contribution in [0.5, 0.6) is 0 Å².